The third-order valence-electron chi connectivity index (χ3n) is 4.51. The molecule has 4 heteroatoms. The largest absolute Gasteiger partial charge is 0.497 e. The molecule has 3 rings (SSSR count). The first kappa shape index (κ1) is 17.8. The highest BCUT2D eigenvalue weighted by molar-refractivity contribution is 5.87. The van der Waals surface area contributed by atoms with E-state index in [0.29, 0.717) is 11.5 Å². The molecule has 0 aliphatic heterocycles. The van der Waals surface area contributed by atoms with E-state index in [2.05, 4.69) is 29.6 Å². The minimum Gasteiger partial charge on any atom is -0.497 e. The quantitative estimate of drug-likeness (QED) is 0.723. The van der Waals surface area contributed by atoms with Crippen molar-refractivity contribution in [2.45, 2.75) is 19.4 Å². The van der Waals surface area contributed by atoms with Gasteiger partial charge >= 0.3 is 0 Å². The summed E-state index contributed by atoms with van der Waals surface area (Å²) in [6.07, 6.45) is 0.232. The number of ether oxygens (including phenoxy) is 2. The molecular weight excluding hydrogens is 326 g/mol. The van der Waals surface area contributed by atoms with Gasteiger partial charge in [-0.1, -0.05) is 42.5 Å². The van der Waals surface area contributed by atoms with Crippen molar-refractivity contribution >= 4 is 16.7 Å². The lowest BCUT2D eigenvalue weighted by molar-refractivity contribution is -0.121. The Morgan fingerprint density at radius 3 is 2.54 bits per heavy atom. The summed E-state index contributed by atoms with van der Waals surface area (Å²) in [6.45, 7) is 2.00. The molecule has 4 nitrogen and oxygen atoms in total. The zero-order valence-corrected chi connectivity index (χ0v) is 15.3. The first-order valence-electron chi connectivity index (χ1n) is 8.60. The van der Waals surface area contributed by atoms with Gasteiger partial charge in [-0.25, -0.2) is 0 Å². The van der Waals surface area contributed by atoms with Gasteiger partial charge in [0.2, 0.25) is 5.91 Å². The summed E-state index contributed by atoms with van der Waals surface area (Å²) in [5, 5.41) is 5.41. The van der Waals surface area contributed by atoms with Crippen LogP contribution in [-0.4, -0.2) is 20.1 Å². The van der Waals surface area contributed by atoms with Crippen molar-refractivity contribution in [3.63, 3.8) is 0 Å². The van der Waals surface area contributed by atoms with Gasteiger partial charge in [-0.2, -0.15) is 0 Å². The Morgan fingerprint density at radius 2 is 1.77 bits per heavy atom. The maximum atomic E-state index is 12.6. The van der Waals surface area contributed by atoms with Crippen LogP contribution in [0.3, 0.4) is 0 Å². The Morgan fingerprint density at radius 1 is 1.00 bits per heavy atom. The Hall–Kier alpha value is -3.01. The zero-order valence-electron chi connectivity index (χ0n) is 15.3. The fourth-order valence-electron chi connectivity index (χ4n) is 3.19. The van der Waals surface area contributed by atoms with Crippen LogP contribution in [0.2, 0.25) is 0 Å². The maximum Gasteiger partial charge on any atom is 0.225 e. The van der Waals surface area contributed by atoms with E-state index in [-0.39, 0.29) is 18.4 Å². The molecule has 0 saturated carbocycles. The molecule has 1 N–H and O–H groups in total. The Kier molecular flexibility index (Phi) is 5.42. The zero-order chi connectivity index (χ0) is 18.5. The highest BCUT2D eigenvalue weighted by Gasteiger charge is 2.15. The second-order valence-corrected chi connectivity index (χ2v) is 6.21. The molecule has 0 aliphatic rings. The van der Waals surface area contributed by atoms with E-state index in [1.807, 2.05) is 43.3 Å². The van der Waals surface area contributed by atoms with Gasteiger partial charge in [0.05, 0.1) is 26.7 Å². The molecule has 0 saturated heterocycles. The van der Waals surface area contributed by atoms with Crippen LogP contribution in [0.1, 0.15) is 24.1 Å². The average Bonchev–Trinajstić information content (AvgIpc) is 2.67. The van der Waals surface area contributed by atoms with Crippen molar-refractivity contribution in [1.29, 1.82) is 0 Å². The number of methoxy groups -OCH3 is 2. The van der Waals surface area contributed by atoms with E-state index in [1.54, 1.807) is 14.2 Å². The SMILES string of the molecule is COc1ccc(OC)c(CC(=O)NC(C)c2cccc3ccccc23)c1. The van der Waals surface area contributed by atoms with Gasteiger partial charge in [-0.05, 0) is 41.5 Å². The monoisotopic (exact) mass is 349 g/mol. The van der Waals surface area contributed by atoms with Crippen LogP contribution in [-0.2, 0) is 11.2 Å². The summed E-state index contributed by atoms with van der Waals surface area (Å²) in [5.74, 6) is 1.33. The molecule has 3 aromatic rings. The highest BCUT2D eigenvalue weighted by Crippen LogP contribution is 2.26. The Labute approximate surface area is 153 Å². The van der Waals surface area contributed by atoms with Crippen LogP contribution < -0.4 is 14.8 Å². The molecule has 0 aliphatic carbocycles. The number of carbonyl (C=O) groups excluding carboxylic acids is 1. The summed E-state index contributed by atoms with van der Waals surface area (Å²) in [5.41, 5.74) is 1.91. The number of fused-ring (bicyclic) bond motifs is 1. The van der Waals surface area contributed by atoms with Gasteiger partial charge in [0.15, 0.2) is 0 Å². The molecule has 26 heavy (non-hydrogen) atoms. The summed E-state index contributed by atoms with van der Waals surface area (Å²) in [4.78, 5) is 12.6. The smallest absolute Gasteiger partial charge is 0.225 e. The number of nitrogens with one attached hydrogen (secondary N) is 1. The van der Waals surface area contributed by atoms with Crippen LogP contribution in [0, 0.1) is 0 Å². The first-order valence-corrected chi connectivity index (χ1v) is 8.60. The topological polar surface area (TPSA) is 47.6 Å². The minimum absolute atomic E-state index is 0.0583. The minimum atomic E-state index is -0.0924. The molecular formula is C22H23NO3. The number of carbonyl (C=O) groups is 1. The lowest BCUT2D eigenvalue weighted by atomic mass is 9.99. The number of hydrogen-bond donors (Lipinski definition) is 1. The van der Waals surface area contributed by atoms with E-state index < -0.39 is 0 Å². The number of rotatable bonds is 6. The lowest BCUT2D eigenvalue weighted by Gasteiger charge is -2.17. The summed E-state index contributed by atoms with van der Waals surface area (Å²) >= 11 is 0. The molecule has 0 radical (unpaired) electrons. The second-order valence-electron chi connectivity index (χ2n) is 6.21. The summed E-state index contributed by atoms with van der Waals surface area (Å²) in [6, 6.07) is 19.7. The fraction of sp³-hybridized carbons (Fsp3) is 0.227. The molecule has 1 atom stereocenters. The van der Waals surface area contributed by atoms with Gasteiger partial charge in [-0.3, -0.25) is 4.79 Å². The van der Waals surface area contributed by atoms with E-state index in [1.165, 1.54) is 5.39 Å². The molecule has 0 fully saturated rings. The Balaban J connectivity index is 1.77. The van der Waals surface area contributed by atoms with E-state index in [4.69, 9.17) is 9.47 Å². The van der Waals surface area contributed by atoms with Gasteiger partial charge in [0.1, 0.15) is 11.5 Å². The van der Waals surface area contributed by atoms with Crippen LogP contribution in [0.5, 0.6) is 11.5 Å². The molecule has 1 amide bonds. The average molecular weight is 349 g/mol. The van der Waals surface area contributed by atoms with Crippen molar-refractivity contribution in [2.75, 3.05) is 14.2 Å². The molecule has 0 spiro atoms. The maximum absolute atomic E-state index is 12.6. The highest BCUT2D eigenvalue weighted by atomic mass is 16.5. The van der Waals surface area contributed by atoms with Crippen molar-refractivity contribution in [3.05, 3.63) is 71.8 Å². The van der Waals surface area contributed by atoms with E-state index >= 15 is 0 Å². The summed E-state index contributed by atoms with van der Waals surface area (Å²) in [7, 11) is 3.20. The predicted octanol–water partition coefficient (Wildman–Crippen LogP) is 4.28. The normalized spacial score (nSPS) is 11.8. The van der Waals surface area contributed by atoms with Crippen molar-refractivity contribution < 1.29 is 14.3 Å². The van der Waals surface area contributed by atoms with E-state index in [0.717, 1.165) is 16.5 Å². The predicted molar refractivity (Wildman–Crippen MR) is 104 cm³/mol. The number of benzene rings is 3. The molecule has 0 aromatic heterocycles. The van der Waals surface area contributed by atoms with Crippen LogP contribution >= 0.6 is 0 Å². The first-order chi connectivity index (χ1) is 12.6. The second kappa shape index (κ2) is 7.91. The molecule has 3 aromatic carbocycles. The molecule has 0 bridgehead atoms. The van der Waals surface area contributed by atoms with Gasteiger partial charge in [0, 0.05) is 5.56 Å². The lowest BCUT2D eigenvalue weighted by Crippen LogP contribution is -2.28. The van der Waals surface area contributed by atoms with Crippen LogP contribution in [0.15, 0.2) is 60.7 Å². The molecule has 0 heterocycles. The molecule has 1 unspecified atom stereocenters. The Bertz CT molecular complexity index is 915. The van der Waals surface area contributed by atoms with Crippen LogP contribution in [0.4, 0.5) is 0 Å². The van der Waals surface area contributed by atoms with Gasteiger partial charge < -0.3 is 14.8 Å². The van der Waals surface area contributed by atoms with E-state index in [9.17, 15) is 4.79 Å². The molecule has 134 valence electrons. The fourth-order valence-corrected chi connectivity index (χ4v) is 3.19. The van der Waals surface area contributed by atoms with Gasteiger partial charge in [-0.15, -0.1) is 0 Å². The number of hydrogen-bond acceptors (Lipinski definition) is 3. The number of amides is 1. The third-order valence-corrected chi connectivity index (χ3v) is 4.51. The van der Waals surface area contributed by atoms with Crippen molar-refractivity contribution in [1.82, 2.24) is 5.32 Å². The van der Waals surface area contributed by atoms with Gasteiger partial charge in [0.25, 0.3) is 0 Å². The van der Waals surface area contributed by atoms with Crippen molar-refractivity contribution in [3.8, 4) is 11.5 Å². The summed E-state index contributed by atoms with van der Waals surface area (Å²) < 4.78 is 10.6. The van der Waals surface area contributed by atoms with Crippen LogP contribution in [0.25, 0.3) is 10.8 Å². The third kappa shape index (κ3) is 3.80. The standard InChI is InChI=1S/C22H23NO3/c1-15(19-10-6-8-16-7-4-5-9-20(16)19)23-22(24)14-17-13-18(25-2)11-12-21(17)26-3/h4-13,15H,14H2,1-3H3,(H,23,24). The van der Waals surface area contributed by atoms with Crippen molar-refractivity contribution in [2.24, 2.45) is 0 Å².